The summed E-state index contributed by atoms with van der Waals surface area (Å²) in [6, 6.07) is 25.8. The Morgan fingerprint density at radius 2 is 1.42 bits per heavy atom. The molecule has 33 heavy (non-hydrogen) atoms. The van der Waals surface area contributed by atoms with E-state index >= 15 is 0 Å². The standard InChI is InChI=1S/C25H23N5O2S/c1-17(23(31)26-20-11-7-4-8-12-20)33-25-29-28-22(30(25)2)18-13-15-21(16-14-18)27-24(32)19-9-5-3-6-10-19/h3-17H,1-2H3,(H,26,31)(H,27,32). The van der Waals surface area contributed by atoms with E-state index in [0.717, 1.165) is 11.3 Å². The molecule has 4 aromatic rings. The number of carbonyl (C=O) groups is 2. The van der Waals surface area contributed by atoms with E-state index in [1.165, 1.54) is 11.8 Å². The number of thioether (sulfide) groups is 1. The molecule has 0 aliphatic rings. The van der Waals surface area contributed by atoms with Gasteiger partial charge >= 0.3 is 0 Å². The maximum Gasteiger partial charge on any atom is 0.255 e. The SMILES string of the molecule is CC(Sc1nnc(-c2ccc(NC(=O)c3ccccc3)cc2)n1C)C(=O)Nc1ccccc1. The van der Waals surface area contributed by atoms with E-state index in [9.17, 15) is 9.59 Å². The molecule has 0 bridgehead atoms. The summed E-state index contributed by atoms with van der Waals surface area (Å²) in [5, 5.41) is 14.6. The van der Waals surface area contributed by atoms with Crippen LogP contribution >= 0.6 is 11.8 Å². The first-order chi connectivity index (χ1) is 16.0. The summed E-state index contributed by atoms with van der Waals surface area (Å²) in [6.07, 6.45) is 0. The smallest absolute Gasteiger partial charge is 0.255 e. The lowest BCUT2D eigenvalue weighted by Crippen LogP contribution is -2.22. The molecule has 1 atom stereocenters. The third-order valence-electron chi connectivity index (χ3n) is 4.96. The molecule has 0 aliphatic carbocycles. The van der Waals surface area contributed by atoms with Crippen molar-refractivity contribution in [3.63, 3.8) is 0 Å². The summed E-state index contributed by atoms with van der Waals surface area (Å²) in [6.45, 7) is 1.83. The van der Waals surface area contributed by atoms with Crippen LogP contribution in [0.5, 0.6) is 0 Å². The van der Waals surface area contributed by atoms with E-state index in [4.69, 9.17) is 0 Å². The number of nitrogens with zero attached hydrogens (tertiary/aromatic N) is 3. The first-order valence-electron chi connectivity index (χ1n) is 10.4. The van der Waals surface area contributed by atoms with Crippen LogP contribution in [0.15, 0.2) is 90.1 Å². The third-order valence-corrected chi connectivity index (χ3v) is 6.10. The zero-order valence-corrected chi connectivity index (χ0v) is 19.0. The Hall–Kier alpha value is -3.91. The number of anilines is 2. The zero-order chi connectivity index (χ0) is 23.2. The number of benzene rings is 3. The van der Waals surface area contributed by atoms with E-state index in [1.807, 2.05) is 91.3 Å². The summed E-state index contributed by atoms with van der Waals surface area (Å²) in [4.78, 5) is 24.8. The molecular weight excluding hydrogens is 434 g/mol. The Morgan fingerprint density at radius 3 is 2.09 bits per heavy atom. The van der Waals surface area contributed by atoms with Gasteiger partial charge in [-0.25, -0.2) is 0 Å². The van der Waals surface area contributed by atoms with Gasteiger partial charge in [-0.15, -0.1) is 10.2 Å². The van der Waals surface area contributed by atoms with Crippen molar-refractivity contribution in [2.45, 2.75) is 17.3 Å². The number of rotatable bonds is 7. The number of hydrogen-bond donors (Lipinski definition) is 2. The molecule has 166 valence electrons. The molecule has 1 aromatic heterocycles. The van der Waals surface area contributed by atoms with E-state index in [0.29, 0.717) is 22.2 Å². The van der Waals surface area contributed by atoms with Crippen molar-refractivity contribution in [2.24, 2.45) is 7.05 Å². The summed E-state index contributed by atoms with van der Waals surface area (Å²) >= 11 is 1.34. The second-order valence-corrected chi connectivity index (χ2v) is 8.69. The molecule has 1 heterocycles. The van der Waals surface area contributed by atoms with E-state index < -0.39 is 0 Å². The van der Waals surface area contributed by atoms with Crippen molar-refractivity contribution in [3.8, 4) is 11.4 Å². The predicted octanol–water partition coefficient (Wildman–Crippen LogP) is 4.85. The average Bonchev–Trinajstić information content (AvgIpc) is 3.20. The quantitative estimate of drug-likeness (QED) is 0.387. The molecule has 0 aliphatic heterocycles. The van der Waals surface area contributed by atoms with Crippen LogP contribution in [0.1, 0.15) is 17.3 Å². The number of hydrogen-bond acceptors (Lipinski definition) is 5. The Balaban J connectivity index is 1.40. The topological polar surface area (TPSA) is 88.9 Å². The van der Waals surface area contributed by atoms with Crippen LogP contribution in [0.25, 0.3) is 11.4 Å². The van der Waals surface area contributed by atoms with E-state index in [1.54, 1.807) is 12.1 Å². The highest BCUT2D eigenvalue weighted by Gasteiger charge is 2.19. The highest BCUT2D eigenvalue weighted by Crippen LogP contribution is 2.27. The molecule has 1 unspecified atom stereocenters. The fourth-order valence-corrected chi connectivity index (χ4v) is 3.96. The highest BCUT2D eigenvalue weighted by atomic mass is 32.2. The van der Waals surface area contributed by atoms with Crippen molar-refractivity contribution in [1.29, 1.82) is 0 Å². The van der Waals surface area contributed by atoms with Crippen LogP contribution in [-0.4, -0.2) is 31.8 Å². The summed E-state index contributed by atoms with van der Waals surface area (Å²) in [5.74, 6) is 0.409. The lowest BCUT2D eigenvalue weighted by molar-refractivity contribution is -0.115. The third kappa shape index (κ3) is 5.48. The fraction of sp³-hybridized carbons (Fsp3) is 0.120. The first kappa shape index (κ1) is 22.3. The van der Waals surface area contributed by atoms with E-state index in [-0.39, 0.29) is 17.1 Å². The largest absolute Gasteiger partial charge is 0.325 e. The van der Waals surface area contributed by atoms with Gasteiger partial charge in [-0.05, 0) is 55.5 Å². The van der Waals surface area contributed by atoms with Gasteiger partial charge < -0.3 is 15.2 Å². The van der Waals surface area contributed by atoms with Gasteiger partial charge in [0, 0.05) is 29.5 Å². The molecule has 0 fully saturated rings. The normalized spacial score (nSPS) is 11.6. The molecular formula is C25H23N5O2S. The zero-order valence-electron chi connectivity index (χ0n) is 18.2. The van der Waals surface area contributed by atoms with Gasteiger partial charge in [0.1, 0.15) is 0 Å². The van der Waals surface area contributed by atoms with Gasteiger partial charge in [-0.2, -0.15) is 0 Å². The number of nitrogens with one attached hydrogen (secondary N) is 2. The molecule has 0 saturated heterocycles. The fourth-order valence-electron chi connectivity index (χ4n) is 3.14. The molecule has 0 saturated carbocycles. The number of carbonyl (C=O) groups excluding carboxylic acids is 2. The van der Waals surface area contributed by atoms with Gasteiger partial charge in [-0.1, -0.05) is 48.2 Å². The monoisotopic (exact) mass is 457 g/mol. The van der Waals surface area contributed by atoms with Crippen LogP contribution in [0.3, 0.4) is 0 Å². The van der Waals surface area contributed by atoms with Crippen molar-refractivity contribution < 1.29 is 9.59 Å². The van der Waals surface area contributed by atoms with Crippen molar-refractivity contribution in [2.75, 3.05) is 10.6 Å². The van der Waals surface area contributed by atoms with Crippen molar-refractivity contribution in [3.05, 3.63) is 90.5 Å². The Morgan fingerprint density at radius 1 is 0.818 bits per heavy atom. The maximum absolute atomic E-state index is 12.5. The molecule has 2 amide bonds. The second-order valence-electron chi connectivity index (χ2n) is 7.38. The predicted molar refractivity (Wildman–Crippen MR) is 131 cm³/mol. The summed E-state index contributed by atoms with van der Waals surface area (Å²) < 4.78 is 1.86. The summed E-state index contributed by atoms with van der Waals surface area (Å²) in [7, 11) is 1.87. The number of aromatic nitrogens is 3. The number of amides is 2. The Labute approximate surface area is 196 Å². The van der Waals surface area contributed by atoms with Crippen LogP contribution < -0.4 is 10.6 Å². The summed E-state index contributed by atoms with van der Waals surface area (Å²) in [5.41, 5.74) is 2.90. The highest BCUT2D eigenvalue weighted by molar-refractivity contribution is 8.00. The minimum atomic E-state index is -0.350. The van der Waals surface area contributed by atoms with Gasteiger partial charge in [0.2, 0.25) is 5.91 Å². The van der Waals surface area contributed by atoms with Crippen LogP contribution in [0.2, 0.25) is 0 Å². The van der Waals surface area contributed by atoms with Gasteiger partial charge in [0.15, 0.2) is 11.0 Å². The van der Waals surface area contributed by atoms with Gasteiger partial charge in [0.25, 0.3) is 5.91 Å². The second kappa shape index (κ2) is 10.1. The van der Waals surface area contributed by atoms with Crippen molar-refractivity contribution >= 4 is 35.0 Å². The molecule has 0 spiro atoms. The van der Waals surface area contributed by atoms with E-state index in [2.05, 4.69) is 20.8 Å². The average molecular weight is 458 g/mol. The molecule has 8 heteroatoms. The van der Waals surface area contributed by atoms with Crippen molar-refractivity contribution in [1.82, 2.24) is 14.8 Å². The van der Waals surface area contributed by atoms with Gasteiger partial charge in [0.05, 0.1) is 5.25 Å². The van der Waals surface area contributed by atoms with Crippen LogP contribution in [0.4, 0.5) is 11.4 Å². The molecule has 2 N–H and O–H groups in total. The Bertz CT molecular complexity index is 1240. The molecule has 4 rings (SSSR count). The minimum Gasteiger partial charge on any atom is -0.325 e. The molecule has 0 radical (unpaired) electrons. The molecule has 3 aromatic carbocycles. The number of para-hydroxylation sites is 1. The van der Waals surface area contributed by atoms with Gasteiger partial charge in [-0.3, -0.25) is 9.59 Å². The van der Waals surface area contributed by atoms with Crippen LogP contribution in [-0.2, 0) is 11.8 Å². The molecule has 7 nitrogen and oxygen atoms in total. The lowest BCUT2D eigenvalue weighted by atomic mass is 10.1. The van der Waals surface area contributed by atoms with Crippen LogP contribution in [0, 0.1) is 0 Å². The minimum absolute atomic E-state index is 0.103. The Kier molecular flexibility index (Phi) is 6.85. The first-order valence-corrected chi connectivity index (χ1v) is 11.3. The maximum atomic E-state index is 12.5. The lowest BCUT2D eigenvalue weighted by Gasteiger charge is -2.11.